The molecule has 5 nitrogen and oxygen atoms in total. The van der Waals surface area contributed by atoms with E-state index in [0.29, 0.717) is 0 Å². The molecule has 0 bridgehead atoms. The normalized spacial score (nSPS) is 14.7. The van der Waals surface area contributed by atoms with Crippen molar-refractivity contribution in [3.05, 3.63) is 42.6 Å². The molecule has 21 heavy (non-hydrogen) atoms. The number of allylic oxidation sites excluding steroid dienone is 2. The van der Waals surface area contributed by atoms with Gasteiger partial charge in [0.25, 0.3) is 0 Å². The van der Waals surface area contributed by atoms with Crippen LogP contribution in [0.2, 0.25) is 0 Å². The molecule has 108 valence electrons. The molecular formula is C16H16N2O3. The van der Waals surface area contributed by atoms with E-state index in [1.165, 1.54) is 0 Å². The summed E-state index contributed by atoms with van der Waals surface area (Å²) in [6, 6.07) is 7.36. The summed E-state index contributed by atoms with van der Waals surface area (Å²) in [5.74, 6) is -0.819. The van der Waals surface area contributed by atoms with Crippen LogP contribution in [0.25, 0.3) is 10.9 Å². The van der Waals surface area contributed by atoms with Gasteiger partial charge in [0.1, 0.15) is 6.54 Å². The van der Waals surface area contributed by atoms with Crippen LogP contribution in [-0.2, 0) is 16.1 Å². The SMILES string of the molecule is O=C(O)Cn1ccc2cc(NC(=O)C3CC=CC3)ccc21. The Hall–Kier alpha value is -2.56. The van der Waals surface area contributed by atoms with E-state index in [0.717, 1.165) is 29.4 Å². The highest BCUT2D eigenvalue weighted by atomic mass is 16.4. The van der Waals surface area contributed by atoms with Gasteiger partial charge in [-0.25, -0.2) is 0 Å². The number of aromatic nitrogens is 1. The summed E-state index contributed by atoms with van der Waals surface area (Å²) in [4.78, 5) is 22.9. The Balaban J connectivity index is 1.78. The van der Waals surface area contributed by atoms with E-state index in [4.69, 9.17) is 5.11 Å². The quantitative estimate of drug-likeness (QED) is 0.848. The van der Waals surface area contributed by atoms with Crippen LogP contribution < -0.4 is 5.32 Å². The van der Waals surface area contributed by atoms with Gasteiger partial charge in [-0.15, -0.1) is 0 Å². The summed E-state index contributed by atoms with van der Waals surface area (Å²) in [5, 5.41) is 12.7. The van der Waals surface area contributed by atoms with Crippen molar-refractivity contribution in [2.75, 3.05) is 5.32 Å². The minimum absolute atomic E-state index is 0.0253. The summed E-state index contributed by atoms with van der Waals surface area (Å²) in [6.07, 6.45) is 7.39. The monoisotopic (exact) mass is 284 g/mol. The third-order valence-corrected chi connectivity index (χ3v) is 3.72. The second-order valence-corrected chi connectivity index (χ2v) is 5.24. The summed E-state index contributed by atoms with van der Waals surface area (Å²) in [7, 11) is 0. The highest BCUT2D eigenvalue weighted by molar-refractivity contribution is 5.95. The van der Waals surface area contributed by atoms with Gasteiger partial charge >= 0.3 is 5.97 Å². The molecule has 0 atom stereocenters. The number of fused-ring (bicyclic) bond motifs is 1. The smallest absolute Gasteiger partial charge is 0.323 e. The van der Waals surface area contributed by atoms with Gasteiger partial charge in [-0.3, -0.25) is 9.59 Å². The van der Waals surface area contributed by atoms with Crippen LogP contribution in [0.1, 0.15) is 12.8 Å². The van der Waals surface area contributed by atoms with Crippen LogP contribution in [0, 0.1) is 5.92 Å². The first-order chi connectivity index (χ1) is 10.1. The van der Waals surface area contributed by atoms with Gasteiger partial charge in [0.05, 0.1) is 0 Å². The maximum Gasteiger partial charge on any atom is 0.323 e. The predicted octanol–water partition coefficient (Wildman–Crippen LogP) is 2.63. The predicted molar refractivity (Wildman–Crippen MR) is 80.1 cm³/mol. The summed E-state index contributed by atoms with van der Waals surface area (Å²) < 4.78 is 1.67. The zero-order valence-corrected chi connectivity index (χ0v) is 11.5. The molecule has 0 fully saturated rings. The Bertz CT molecular complexity index is 722. The largest absolute Gasteiger partial charge is 0.480 e. The number of carbonyl (C=O) groups excluding carboxylic acids is 1. The number of nitrogens with zero attached hydrogens (tertiary/aromatic N) is 1. The highest BCUT2D eigenvalue weighted by Gasteiger charge is 2.19. The van der Waals surface area contributed by atoms with Crippen molar-refractivity contribution in [1.29, 1.82) is 0 Å². The first kappa shape index (κ1) is 13.4. The van der Waals surface area contributed by atoms with Crippen molar-refractivity contribution in [1.82, 2.24) is 4.57 Å². The molecule has 0 saturated heterocycles. The van der Waals surface area contributed by atoms with Gasteiger partial charge in [-0.1, -0.05) is 12.2 Å². The molecule has 1 aromatic heterocycles. The molecule has 1 aliphatic carbocycles. The van der Waals surface area contributed by atoms with Crippen LogP contribution in [0.15, 0.2) is 42.6 Å². The Morgan fingerprint density at radius 2 is 2.00 bits per heavy atom. The fourth-order valence-corrected chi connectivity index (χ4v) is 2.64. The van der Waals surface area contributed by atoms with Crippen LogP contribution >= 0.6 is 0 Å². The molecule has 5 heteroatoms. The Kier molecular flexibility index (Phi) is 3.48. The van der Waals surface area contributed by atoms with E-state index in [2.05, 4.69) is 5.32 Å². The van der Waals surface area contributed by atoms with Crippen molar-refractivity contribution in [2.45, 2.75) is 19.4 Å². The van der Waals surface area contributed by atoms with Gasteiger partial charge < -0.3 is 15.0 Å². The Morgan fingerprint density at radius 1 is 1.24 bits per heavy atom. The second kappa shape index (κ2) is 5.44. The molecule has 1 heterocycles. The van der Waals surface area contributed by atoms with Crippen LogP contribution in [0.4, 0.5) is 5.69 Å². The standard InChI is InChI=1S/C16H16N2O3/c19-15(20)10-18-8-7-12-9-13(5-6-14(12)18)17-16(21)11-3-1-2-4-11/h1-2,5-9,11H,3-4,10H2,(H,17,21)(H,19,20). The molecule has 0 radical (unpaired) electrons. The fourth-order valence-electron chi connectivity index (χ4n) is 2.64. The van der Waals surface area contributed by atoms with Gasteiger partial charge in [-0.2, -0.15) is 0 Å². The van der Waals surface area contributed by atoms with E-state index in [-0.39, 0.29) is 18.4 Å². The molecule has 0 saturated carbocycles. The summed E-state index contributed by atoms with van der Waals surface area (Å²) >= 11 is 0. The number of carboxylic acid groups (broad SMARTS) is 1. The van der Waals surface area contributed by atoms with E-state index in [1.807, 2.05) is 30.4 Å². The minimum Gasteiger partial charge on any atom is -0.480 e. The fraction of sp³-hybridized carbons (Fsp3) is 0.250. The summed E-state index contributed by atoms with van der Waals surface area (Å²) in [5.41, 5.74) is 1.59. The van der Waals surface area contributed by atoms with E-state index < -0.39 is 5.97 Å². The van der Waals surface area contributed by atoms with Crippen molar-refractivity contribution < 1.29 is 14.7 Å². The van der Waals surface area contributed by atoms with E-state index in [9.17, 15) is 9.59 Å². The van der Waals surface area contributed by atoms with Crippen LogP contribution in [0.5, 0.6) is 0 Å². The first-order valence-corrected chi connectivity index (χ1v) is 6.90. The molecule has 0 unspecified atom stereocenters. The lowest BCUT2D eigenvalue weighted by molar-refractivity contribution is -0.137. The lowest BCUT2D eigenvalue weighted by Crippen LogP contribution is -2.20. The average Bonchev–Trinajstić information content (AvgIpc) is 3.08. The molecular weight excluding hydrogens is 268 g/mol. The molecule has 0 spiro atoms. The summed E-state index contributed by atoms with van der Waals surface area (Å²) in [6.45, 7) is -0.0665. The third-order valence-electron chi connectivity index (χ3n) is 3.72. The van der Waals surface area contributed by atoms with Crippen molar-refractivity contribution in [2.24, 2.45) is 5.92 Å². The number of nitrogens with one attached hydrogen (secondary N) is 1. The number of aliphatic carboxylic acids is 1. The van der Waals surface area contributed by atoms with E-state index in [1.54, 1.807) is 16.8 Å². The van der Waals surface area contributed by atoms with Gasteiger partial charge in [0.15, 0.2) is 0 Å². The number of carbonyl (C=O) groups is 2. The molecule has 2 N–H and O–H groups in total. The Labute approximate surface area is 121 Å². The average molecular weight is 284 g/mol. The van der Waals surface area contributed by atoms with Gasteiger partial charge in [0.2, 0.25) is 5.91 Å². The number of rotatable bonds is 4. The third kappa shape index (κ3) is 2.81. The highest BCUT2D eigenvalue weighted by Crippen LogP contribution is 2.23. The molecule has 1 aromatic carbocycles. The second-order valence-electron chi connectivity index (χ2n) is 5.24. The number of amides is 1. The first-order valence-electron chi connectivity index (χ1n) is 6.90. The zero-order chi connectivity index (χ0) is 14.8. The Morgan fingerprint density at radius 3 is 2.71 bits per heavy atom. The van der Waals surface area contributed by atoms with Crippen molar-refractivity contribution in [3.8, 4) is 0 Å². The molecule has 2 aromatic rings. The topological polar surface area (TPSA) is 71.3 Å². The molecule has 1 aliphatic rings. The lowest BCUT2D eigenvalue weighted by Gasteiger charge is -2.10. The maximum atomic E-state index is 12.1. The molecule has 3 rings (SSSR count). The number of carboxylic acids is 1. The lowest BCUT2D eigenvalue weighted by atomic mass is 10.1. The number of hydrogen-bond acceptors (Lipinski definition) is 2. The van der Waals surface area contributed by atoms with Gasteiger partial charge in [-0.05, 0) is 37.1 Å². The number of benzene rings is 1. The van der Waals surface area contributed by atoms with Crippen molar-refractivity contribution in [3.63, 3.8) is 0 Å². The van der Waals surface area contributed by atoms with Crippen molar-refractivity contribution >= 4 is 28.5 Å². The number of hydrogen-bond donors (Lipinski definition) is 2. The van der Waals surface area contributed by atoms with E-state index >= 15 is 0 Å². The van der Waals surface area contributed by atoms with Gasteiger partial charge in [0, 0.05) is 28.7 Å². The maximum absolute atomic E-state index is 12.1. The minimum atomic E-state index is -0.876. The zero-order valence-electron chi connectivity index (χ0n) is 11.5. The molecule has 0 aliphatic heterocycles. The van der Waals surface area contributed by atoms with Crippen LogP contribution in [-0.4, -0.2) is 21.6 Å². The van der Waals surface area contributed by atoms with Crippen LogP contribution in [0.3, 0.4) is 0 Å². The molecule has 1 amide bonds. The number of anilines is 1.